The van der Waals surface area contributed by atoms with Gasteiger partial charge >= 0.3 is 0 Å². The molecule has 1 saturated heterocycles. The highest BCUT2D eigenvalue weighted by atomic mass is 16.6. The molecule has 4 rings (SSSR count). The summed E-state index contributed by atoms with van der Waals surface area (Å²) in [5.41, 5.74) is 6.94. The molecule has 0 amide bonds. The van der Waals surface area contributed by atoms with Crippen LogP contribution in [0, 0.1) is 0 Å². The fourth-order valence-electron chi connectivity index (χ4n) is 2.73. The monoisotopic (exact) mass is 315 g/mol. The third-order valence-corrected chi connectivity index (χ3v) is 4.03. The van der Waals surface area contributed by atoms with Gasteiger partial charge in [-0.3, -0.25) is 4.68 Å². The molecule has 0 aromatic carbocycles. The van der Waals surface area contributed by atoms with Crippen molar-refractivity contribution in [2.75, 3.05) is 18.9 Å². The van der Waals surface area contributed by atoms with Gasteiger partial charge in [-0.25, -0.2) is 4.98 Å². The zero-order chi connectivity index (χ0) is 16.2. The van der Waals surface area contributed by atoms with Crippen LogP contribution in [0.3, 0.4) is 0 Å². The van der Waals surface area contributed by atoms with Crippen LogP contribution in [0.25, 0.3) is 22.3 Å². The number of aromatic nitrogens is 4. The summed E-state index contributed by atoms with van der Waals surface area (Å²) in [6.07, 6.45) is 1.66. The van der Waals surface area contributed by atoms with Crippen molar-refractivity contribution in [2.45, 2.75) is 25.5 Å². The Morgan fingerprint density at radius 1 is 1.39 bits per heavy atom. The van der Waals surface area contributed by atoms with Crippen LogP contribution in [0.15, 0.2) is 22.9 Å². The number of fused-ring (bicyclic) bond motifs is 1. The zero-order valence-electron chi connectivity index (χ0n) is 12.9. The van der Waals surface area contributed by atoms with Crippen LogP contribution in [0.2, 0.25) is 0 Å². The lowest BCUT2D eigenvalue weighted by molar-refractivity contribution is -0.195. The van der Waals surface area contributed by atoms with Gasteiger partial charge < -0.3 is 20.1 Å². The summed E-state index contributed by atoms with van der Waals surface area (Å²) in [6, 6.07) is 3.71. The second kappa shape index (κ2) is 4.77. The molecule has 0 saturated carbocycles. The first-order valence-electron chi connectivity index (χ1n) is 7.40. The molecule has 23 heavy (non-hydrogen) atoms. The quantitative estimate of drug-likeness (QED) is 0.752. The number of hydrogen-bond acceptors (Lipinski definition) is 7. The predicted octanol–water partition coefficient (Wildman–Crippen LogP) is 1.47. The third-order valence-electron chi connectivity index (χ3n) is 4.03. The Labute approximate surface area is 131 Å². The number of ether oxygens (including phenoxy) is 1. The molecule has 8 nitrogen and oxygen atoms in total. The molecule has 0 aliphatic carbocycles. The van der Waals surface area contributed by atoms with Gasteiger partial charge in [-0.05, 0) is 19.9 Å². The maximum Gasteiger partial charge on any atom is 0.173 e. The van der Waals surface area contributed by atoms with Gasteiger partial charge in [0.2, 0.25) is 0 Å². The molecule has 120 valence electrons. The maximum atomic E-state index is 10.3. The van der Waals surface area contributed by atoms with E-state index in [4.69, 9.17) is 15.0 Å². The number of rotatable bonds is 3. The number of nitrogens with two attached hydrogens (primary N) is 1. The van der Waals surface area contributed by atoms with Crippen LogP contribution in [-0.4, -0.2) is 38.2 Å². The Bertz CT molecular complexity index is 879. The van der Waals surface area contributed by atoms with E-state index in [2.05, 4.69) is 15.2 Å². The van der Waals surface area contributed by atoms with Crippen molar-refractivity contribution in [2.24, 2.45) is 0 Å². The minimum absolute atomic E-state index is 0.156. The van der Waals surface area contributed by atoms with Gasteiger partial charge in [0.15, 0.2) is 11.4 Å². The summed E-state index contributed by atoms with van der Waals surface area (Å²) in [4.78, 5) is 4.15. The molecule has 0 bridgehead atoms. The first-order valence-corrected chi connectivity index (χ1v) is 7.40. The predicted molar refractivity (Wildman–Crippen MR) is 82.5 cm³/mol. The average molecular weight is 315 g/mol. The number of pyridine rings is 1. The average Bonchev–Trinajstić information content (AvgIpc) is 3.09. The van der Waals surface area contributed by atoms with Crippen LogP contribution in [-0.2, 0) is 10.3 Å². The van der Waals surface area contributed by atoms with Gasteiger partial charge in [-0.1, -0.05) is 5.16 Å². The SMILES string of the molecule is CC(C)n1nc(-c2cc(C3(O)COC3)on2)c2c(N)nccc21. The summed E-state index contributed by atoms with van der Waals surface area (Å²) in [5.74, 6) is 0.757. The van der Waals surface area contributed by atoms with Crippen molar-refractivity contribution in [3.8, 4) is 11.4 Å². The second-order valence-corrected chi connectivity index (χ2v) is 6.08. The van der Waals surface area contributed by atoms with E-state index in [0.29, 0.717) is 23.0 Å². The summed E-state index contributed by atoms with van der Waals surface area (Å²) in [7, 11) is 0. The Kier molecular flexibility index (Phi) is 2.94. The first-order chi connectivity index (χ1) is 11.0. The minimum atomic E-state index is -1.11. The summed E-state index contributed by atoms with van der Waals surface area (Å²) >= 11 is 0. The van der Waals surface area contributed by atoms with E-state index >= 15 is 0 Å². The first kappa shape index (κ1) is 14.2. The van der Waals surface area contributed by atoms with E-state index in [0.717, 1.165) is 10.9 Å². The molecule has 3 N–H and O–H groups in total. The molecule has 3 aromatic heterocycles. The molecule has 0 radical (unpaired) electrons. The van der Waals surface area contributed by atoms with Gasteiger partial charge in [0, 0.05) is 18.3 Å². The Morgan fingerprint density at radius 3 is 2.83 bits per heavy atom. The van der Waals surface area contributed by atoms with Crippen molar-refractivity contribution in [1.29, 1.82) is 0 Å². The third kappa shape index (κ3) is 2.02. The van der Waals surface area contributed by atoms with Crippen LogP contribution < -0.4 is 5.73 Å². The number of hydrogen-bond donors (Lipinski definition) is 2. The molecule has 1 aliphatic heterocycles. The molecule has 3 aromatic rings. The molecule has 1 aliphatic rings. The van der Waals surface area contributed by atoms with Gasteiger partial charge in [-0.2, -0.15) is 5.10 Å². The Balaban J connectivity index is 1.89. The largest absolute Gasteiger partial charge is 0.383 e. The van der Waals surface area contributed by atoms with E-state index in [1.807, 2.05) is 24.6 Å². The van der Waals surface area contributed by atoms with E-state index < -0.39 is 5.60 Å². The molecular weight excluding hydrogens is 298 g/mol. The van der Waals surface area contributed by atoms with Gasteiger partial charge in [0.1, 0.15) is 17.2 Å². The molecular formula is C15H17N5O3. The van der Waals surface area contributed by atoms with Crippen molar-refractivity contribution in [3.05, 3.63) is 24.1 Å². The summed E-state index contributed by atoms with van der Waals surface area (Å²) in [5, 5.41) is 19.7. The maximum absolute atomic E-state index is 10.3. The normalized spacial score (nSPS) is 16.9. The highest BCUT2D eigenvalue weighted by Gasteiger charge is 2.42. The van der Waals surface area contributed by atoms with Crippen molar-refractivity contribution in [1.82, 2.24) is 19.9 Å². The van der Waals surface area contributed by atoms with Gasteiger partial charge in [0.05, 0.1) is 24.1 Å². The lowest BCUT2D eigenvalue weighted by atomic mass is 9.98. The zero-order valence-corrected chi connectivity index (χ0v) is 12.9. The minimum Gasteiger partial charge on any atom is -0.383 e. The second-order valence-electron chi connectivity index (χ2n) is 6.08. The van der Waals surface area contributed by atoms with Crippen LogP contribution in [0.5, 0.6) is 0 Å². The lowest BCUT2D eigenvalue weighted by Crippen LogP contribution is -2.46. The molecule has 4 heterocycles. The van der Waals surface area contributed by atoms with Crippen LogP contribution in [0.1, 0.15) is 25.6 Å². The van der Waals surface area contributed by atoms with Crippen LogP contribution in [0.4, 0.5) is 5.82 Å². The molecule has 8 heteroatoms. The fourth-order valence-corrected chi connectivity index (χ4v) is 2.73. The fraction of sp³-hybridized carbons (Fsp3) is 0.400. The van der Waals surface area contributed by atoms with Gasteiger partial charge in [-0.15, -0.1) is 0 Å². The number of nitrogens with zero attached hydrogens (tertiary/aromatic N) is 4. The van der Waals surface area contributed by atoms with Crippen LogP contribution >= 0.6 is 0 Å². The smallest absolute Gasteiger partial charge is 0.173 e. The Morgan fingerprint density at radius 2 is 2.17 bits per heavy atom. The van der Waals surface area contributed by atoms with E-state index in [1.54, 1.807) is 12.3 Å². The molecule has 0 atom stereocenters. The molecule has 1 fully saturated rings. The lowest BCUT2D eigenvalue weighted by Gasteiger charge is -2.33. The summed E-state index contributed by atoms with van der Waals surface area (Å²) < 4.78 is 12.2. The van der Waals surface area contributed by atoms with E-state index in [-0.39, 0.29) is 19.3 Å². The highest BCUT2D eigenvalue weighted by molar-refractivity contribution is 5.99. The highest BCUT2D eigenvalue weighted by Crippen LogP contribution is 2.35. The van der Waals surface area contributed by atoms with Crippen molar-refractivity contribution < 1.29 is 14.4 Å². The van der Waals surface area contributed by atoms with Crippen molar-refractivity contribution >= 4 is 16.7 Å². The number of anilines is 1. The molecule has 0 unspecified atom stereocenters. The topological polar surface area (TPSA) is 112 Å². The van der Waals surface area contributed by atoms with Crippen molar-refractivity contribution in [3.63, 3.8) is 0 Å². The summed E-state index contributed by atoms with van der Waals surface area (Å²) in [6.45, 7) is 4.48. The van der Waals surface area contributed by atoms with E-state index in [9.17, 15) is 5.11 Å². The number of nitrogen functional groups attached to an aromatic ring is 1. The number of aliphatic hydroxyl groups is 1. The van der Waals surface area contributed by atoms with E-state index in [1.165, 1.54) is 0 Å². The van der Waals surface area contributed by atoms with Gasteiger partial charge in [0.25, 0.3) is 0 Å². The molecule has 0 spiro atoms. The Hall–Kier alpha value is -2.45. The standard InChI is InChI=1S/C15H17N5O3/c1-8(2)20-10-3-4-17-14(16)12(10)13(18-20)9-5-11(23-19-9)15(21)6-22-7-15/h3-5,8,21H,6-7H2,1-2H3,(H2,16,17).